The van der Waals surface area contributed by atoms with Gasteiger partial charge in [0.25, 0.3) is 0 Å². The highest BCUT2D eigenvalue weighted by Gasteiger charge is 2.36. The van der Waals surface area contributed by atoms with Crippen molar-refractivity contribution in [3.63, 3.8) is 0 Å². The van der Waals surface area contributed by atoms with Crippen LogP contribution < -0.4 is 5.32 Å². The number of hydrogen-bond donors (Lipinski definition) is 1. The Hall–Kier alpha value is -2.28. The predicted molar refractivity (Wildman–Crippen MR) is 80.0 cm³/mol. The first-order valence-electron chi connectivity index (χ1n) is 7.39. The van der Waals surface area contributed by atoms with Crippen LogP contribution in [-0.4, -0.2) is 32.3 Å². The SMILES string of the molecule is CCc1ncc(NC(=O)[C@H]2CCO[C@@H]2c2cnn(C)c2)cn1. The fourth-order valence-electron chi connectivity index (χ4n) is 2.61. The number of rotatable bonds is 4. The molecule has 2 aromatic heterocycles. The molecular weight excluding hydrogens is 282 g/mol. The molecule has 2 atom stereocenters. The van der Waals surface area contributed by atoms with Crippen molar-refractivity contribution >= 4 is 11.6 Å². The molecule has 3 heterocycles. The Morgan fingerprint density at radius 2 is 2.18 bits per heavy atom. The van der Waals surface area contributed by atoms with Crippen LogP contribution in [0, 0.1) is 5.92 Å². The minimum Gasteiger partial charge on any atom is -0.373 e. The molecule has 0 spiro atoms. The third-order valence-electron chi connectivity index (χ3n) is 3.77. The highest BCUT2D eigenvalue weighted by Crippen LogP contribution is 2.35. The van der Waals surface area contributed by atoms with Crippen LogP contribution in [0.3, 0.4) is 0 Å². The molecule has 0 aromatic carbocycles. The molecule has 1 aliphatic heterocycles. The van der Waals surface area contributed by atoms with E-state index in [9.17, 15) is 4.79 Å². The van der Waals surface area contributed by atoms with Crippen LogP contribution in [0.25, 0.3) is 0 Å². The molecule has 116 valence electrons. The van der Waals surface area contributed by atoms with E-state index in [2.05, 4.69) is 20.4 Å². The first kappa shape index (κ1) is 14.6. The first-order valence-corrected chi connectivity index (χ1v) is 7.39. The third kappa shape index (κ3) is 2.99. The van der Waals surface area contributed by atoms with E-state index < -0.39 is 0 Å². The molecule has 1 amide bonds. The molecule has 0 bridgehead atoms. The Balaban J connectivity index is 1.70. The van der Waals surface area contributed by atoms with Gasteiger partial charge < -0.3 is 10.1 Å². The van der Waals surface area contributed by atoms with Crippen molar-refractivity contribution in [2.45, 2.75) is 25.9 Å². The van der Waals surface area contributed by atoms with Crippen molar-refractivity contribution in [2.24, 2.45) is 13.0 Å². The molecule has 0 unspecified atom stereocenters. The van der Waals surface area contributed by atoms with Gasteiger partial charge in [0.15, 0.2) is 0 Å². The lowest BCUT2D eigenvalue weighted by Crippen LogP contribution is -2.25. The quantitative estimate of drug-likeness (QED) is 0.925. The minimum atomic E-state index is -0.246. The topological polar surface area (TPSA) is 81.9 Å². The zero-order valence-electron chi connectivity index (χ0n) is 12.7. The van der Waals surface area contributed by atoms with E-state index >= 15 is 0 Å². The van der Waals surface area contributed by atoms with Gasteiger partial charge in [0.05, 0.1) is 36.3 Å². The maximum atomic E-state index is 12.5. The van der Waals surface area contributed by atoms with Crippen molar-refractivity contribution in [1.29, 1.82) is 0 Å². The molecule has 0 saturated carbocycles. The summed E-state index contributed by atoms with van der Waals surface area (Å²) < 4.78 is 7.43. The number of carbonyl (C=O) groups is 1. The van der Waals surface area contributed by atoms with Crippen molar-refractivity contribution in [2.75, 3.05) is 11.9 Å². The summed E-state index contributed by atoms with van der Waals surface area (Å²) in [5, 5.41) is 7.01. The van der Waals surface area contributed by atoms with E-state index in [0.29, 0.717) is 18.7 Å². The van der Waals surface area contributed by atoms with Crippen LogP contribution in [-0.2, 0) is 23.0 Å². The van der Waals surface area contributed by atoms with Crippen LogP contribution in [0.5, 0.6) is 0 Å². The number of nitrogens with zero attached hydrogens (tertiary/aromatic N) is 4. The van der Waals surface area contributed by atoms with E-state index in [-0.39, 0.29) is 17.9 Å². The van der Waals surface area contributed by atoms with Gasteiger partial charge in [-0.15, -0.1) is 0 Å². The van der Waals surface area contributed by atoms with Crippen LogP contribution in [0.4, 0.5) is 5.69 Å². The predicted octanol–water partition coefficient (Wildman–Crippen LogP) is 1.49. The van der Waals surface area contributed by atoms with Gasteiger partial charge in [-0.25, -0.2) is 9.97 Å². The maximum absolute atomic E-state index is 12.5. The number of anilines is 1. The van der Waals surface area contributed by atoms with Crippen molar-refractivity contribution < 1.29 is 9.53 Å². The number of amides is 1. The Morgan fingerprint density at radius 3 is 2.82 bits per heavy atom. The molecule has 3 rings (SSSR count). The summed E-state index contributed by atoms with van der Waals surface area (Å²) >= 11 is 0. The lowest BCUT2D eigenvalue weighted by Gasteiger charge is -2.16. The zero-order valence-corrected chi connectivity index (χ0v) is 12.7. The van der Waals surface area contributed by atoms with Crippen molar-refractivity contribution in [3.05, 3.63) is 36.2 Å². The molecule has 22 heavy (non-hydrogen) atoms. The Bertz CT molecular complexity index is 652. The van der Waals surface area contributed by atoms with E-state index in [1.54, 1.807) is 23.3 Å². The number of aryl methyl sites for hydroxylation is 2. The summed E-state index contributed by atoms with van der Waals surface area (Å²) in [6.45, 7) is 2.56. The number of carbonyl (C=O) groups excluding carboxylic acids is 1. The molecule has 7 heteroatoms. The molecule has 1 N–H and O–H groups in total. The van der Waals surface area contributed by atoms with E-state index in [4.69, 9.17) is 4.74 Å². The second kappa shape index (κ2) is 6.23. The monoisotopic (exact) mass is 301 g/mol. The lowest BCUT2D eigenvalue weighted by atomic mass is 9.96. The smallest absolute Gasteiger partial charge is 0.230 e. The second-order valence-electron chi connectivity index (χ2n) is 5.36. The molecule has 0 radical (unpaired) electrons. The van der Waals surface area contributed by atoms with Gasteiger partial charge in [-0.05, 0) is 6.42 Å². The fraction of sp³-hybridized carbons (Fsp3) is 0.467. The van der Waals surface area contributed by atoms with Crippen molar-refractivity contribution in [1.82, 2.24) is 19.7 Å². The Morgan fingerprint density at radius 1 is 1.41 bits per heavy atom. The van der Waals surface area contributed by atoms with Gasteiger partial charge in [0, 0.05) is 31.8 Å². The summed E-state index contributed by atoms with van der Waals surface area (Å²) in [6.07, 6.45) is 8.12. The van der Waals surface area contributed by atoms with Gasteiger partial charge in [-0.3, -0.25) is 9.48 Å². The molecule has 1 aliphatic rings. The van der Waals surface area contributed by atoms with Gasteiger partial charge in [0.1, 0.15) is 5.82 Å². The van der Waals surface area contributed by atoms with Gasteiger partial charge >= 0.3 is 0 Å². The molecule has 1 saturated heterocycles. The number of hydrogen-bond acceptors (Lipinski definition) is 5. The average molecular weight is 301 g/mol. The van der Waals surface area contributed by atoms with Gasteiger partial charge in [0.2, 0.25) is 5.91 Å². The zero-order chi connectivity index (χ0) is 15.5. The second-order valence-corrected chi connectivity index (χ2v) is 5.36. The number of nitrogens with one attached hydrogen (secondary N) is 1. The van der Waals surface area contributed by atoms with Crippen LogP contribution in [0.1, 0.15) is 30.8 Å². The largest absolute Gasteiger partial charge is 0.373 e. The molecule has 1 fully saturated rings. The summed E-state index contributed by atoms with van der Waals surface area (Å²) in [4.78, 5) is 20.9. The summed E-state index contributed by atoms with van der Waals surface area (Å²) in [6, 6.07) is 0. The van der Waals surface area contributed by atoms with Gasteiger partial charge in [-0.2, -0.15) is 5.10 Å². The number of ether oxygens (including phenoxy) is 1. The van der Waals surface area contributed by atoms with E-state index in [1.165, 1.54) is 0 Å². The molecule has 7 nitrogen and oxygen atoms in total. The van der Waals surface area contributed by atoms with Crippen LogP contribution >= 0.6 is 0 Å². The van der Waals surface area contributed by atoms with Crippen molar-refractivity contribution in [3.8, 4) is 0 Å². The fourth-order valence-corrected chi connectivity index (χ4v) is 2.61. The number of aromatic nitrogens is 4. The lowest BCUT2D eigenvalue weighted by molar-refractivity contribution is -0.121. The summed E-state index contributed by atoms with van der Waals surface area (Å²) in [5.74, 6) is 0.463. The van der Waals surface area contributed by atoms with E-state index in [1.807, 2.05) is 20.2 Å². The molecule has 2 aromatic rings. The highest BCUT2D eigenvalue weighted by molar-refractivity contribution is 5.92. The molecule has 0 aliphatic carbocycles. The minimum absolute atomic E-state index is 0.0702. The maximum Gasteiger partial charge on any atom is 0.230 e. The first-order chi connectivity index (χ1) is 10.7. The van der Waals surface area contributed by atoms with Crippen LogP contribution in [0.2, 0.25) is 0 Å². The van der Waals surface area contributed by atoms with Crippen LogP contribution in [0.15, 0.2) is 24.8 Å². The third-order valence-corrected chi connectivity index (χ3v) is 3.77. The Labute approximate surface area is 128 Å². The average Bonchev–Trinajstić information content (AvgIpc) is 3.16. The standard InChI is InChI=1S/C15H19N5O2/c1-3-13-16-7-11(8-17-13)19-15(21)12-4-5-22-14(12)10-6-18-20(2)9-10/h6-9,12,14H,3-5H2,1-2H3,(H,19,21)/t12-,14+/m0/s1. The normalized spacial score (nSPS) is 21.0. The van der Waals surface area contributed by atoms with E-state index in [0.717, 1.165) is 17.8 Å². The summed E-state index contributed by atoms with van der Waals surface area (Å²) in [5.41, 5.74) is 1.54. The Kier molecular flexibility index (Phi) is 4.15. The molecular formula is C15H19N5O2. The summed E-state index contributed by atoms with van der Waals surface area (Å²) in [7, 11) is 1.85. The van der Waals surface area contributed by atoms with Gasteiger partial charge in [-0.1, -0.05) is 6.92 Å². The highest BCUT2D eigenvalue weighted by atomic mass is 16.5.